The molecule has 26 heavy (non-hydrogen) atoms. The van der Waals surface area contributed by atoms with Gasteiger partial charge in [-0.25, -0.2) is 4.39 Å². The molecule has 2 fully saturated rings. The van der Waals surface area contributed by atoms with E-state index in [1.54, 1.807) is 23.9 Å². The molecule has 7 heteroatoms. The first-order chi connectivity index (χ1) is 12.6. The minimum atomic E-state index is -0.162. The molecule has 1 amide bonds. The van der Waals surface area contributed by atoms with E-state index in [0.29, 0.717) is 30.3 Å². The number of fused-ring (bicyclic) bond motifs is 2. The van der Waals surface area contributed by atoms with Crippen LogP contribution in [0.15, 0.2) is 24.4 Å². The number of aryl methyl sites for hydroxylation is 1. The highest BCUT2D eigenvalue weighted by Gasteiger charge is 2.44. The van der Waals surface area contributed by atoms with Gasteiger partial charge in [0, 0.05) is 18.6 Å². The second-order valence-electron chi connectivity index (χ2n) is 7.43. The van der Waals surface area contributed by atoms with Gasteiger partial charge in [0.25, 0.3) is 5.91 Å². The maximum Gasteiger partial charge on any atom is 0.276 e. The highest BCUT2D eigenvalue weighted by atomic mass is 19.1. The predicted octanol–water partition coefficient (Wildman–Crippen LogP) is 2.24. The van der Waals surface area contributed by atoms with Gasteiger partial charge in [-0.1, -0.05) is 17.3 Å². The van der Waals surface area contributed by atoms with Crippen molar-refractivity contribution in [1.29, 1.82) is 0 Å². The molecule has 0 radical (unpaired) electrons. The van der Waals surface area contributed by atoms with Crippen LogP contribution in [0.5, 0.6) is 0 Å². The summed E-state index contributed by atoms with van der Waals surface area (Å²) in [5.74, 6) is 0.184. The summed E-state index contributed by atoms with van der Waals surface area (Å²) >= 11 is 0. The summed E-state index contributed by atoms with van der Waals surface area (Å²) in [5, 5.41) is 8.01. The summed E-state index contributed by atoms with van der Waals surface area (Å²) < 4.78 is 15.2. The van der Waals surface area contributed by atoms with E-state index in [4.69, 9.17) is 5.73 Å². The molecule has 138 valence electrons. The second-order valence-corrected chi connectivity index (χ2v) is 7.43. The molecular weight excluding hydrogens is 333 g/mol. The average Bonchev–Trinajstić information content (AvgIpc) is 3.19. The van der Waals surface area contributed by atoms with Crippen molar-refractivity contribution in [3.05, 3.63) is 47.0 Å². The number of nitrogens with two attached hydrogens (primary N) is 1. The maximum absolute atomic E-state index is 13.6. The first-order valence-corrected chi connectivity index (χ1v) is 9.25. The van der Waals surface area contributed by atoms with Crippen LogP contribution >= 0.6 is 0 Å². The Morgan fingerprint density at radius 2 is 2.04 bits per heavy atom. The third kappa shape index (κ3) is 3.00. The lowest BCUT2D eigenvalue weighted by Gasteiger charge is -2.39. The van der Waals surface area contributed by atoms with E-state index in [1.165, 1.54) is 5.56 Å². The number of halogens is 1. The number of nitrogens with zero attached hydrogens (tertiary/aromatic N) is 4. The fraction of sp³-hybridized carbons (Fsp3) is 0.526. The number of benzene rings is 1. The van der Waals surface area contributed by atoms with Crippen LogP contribution in [0.2, 0.25) is 0 Å². The van der Waals surface area contributed by atoms with Gasteiger partial charge in [-0.15, -0.1) is 5.10 Å². The Hall–Kier alpha value is -2.28. The molecule has 2 aliphatic rings. The first kappa shape index (κ1) is 17.1. The molecule has 2 aromatic rings. The van der Waals surface area contributed by atoms with Gasteiger partial charge in [-0.05, 0) is 55.7 Å². The molecule has 2 N–H and O–H groups in total. The van der Waals surface area contributed by atoms with Crippen LogP contribution in [0, 0.1) is 12.7 Å². The number of carbonyl (C=O) groups excluding carboxylic acids is 1. The molecule has 3 atom stereocenters. The summed E-state index contributed by atoms with van der Waals surface area (Å²) in [5.41, 5.74) is 7.79. The van der Waals surface area contributed by atoms with Crippen LogP contribution in [0.4, 0.5) is 4.39 Å². The predicted molar refractivity (Wildman–Crippen MR) is 95.2 cm³/mol. The summed E-state index contributed by atoms with van der Waals surface area (Å²) in [6.07, 6.45) is 5.56. The lowest BCUT2D eigenvalue weighted by atomic mass is 9.84. The second kappa shape index (κ2) is 6.79. The Balaban J connectivity index is 1.51. The highest BCUT2D eigenvalue weighted by molar-refractivity contribution is 5.92. The van der Waals surface area contributed by atoms with Crippen LogP contribution < -0.4 is 5.73 Å². The third-order valence-electron chi connectivity index (χ3n) is 5.74. The maximum atomic E-state index is 13.6. The van der Waals surface area contributed by atoms with Gasteiger partial charge in [-0.2, -0.15) is 0 Å². The monoisotopic (exact) mass is 357 g/mol. The van der Waals surface area contributed by atoms with Crippen molar-refractivity contribution in [3.63, 3.8) is 0 Å². The van der Waals surface area contributed by atoms with Crippen molar-refractivity contribution in [2.75, 3.05) is 6.54 Å². The minimum absolute atomic E-state index is 0.0329. The highest BCUT2D eigenvalue weighted by Crippen LogP contribution is 2.43. The molecule has 2 bridgehead atoms. The SMILES string of the molecule is Cc1cc(C2C[C@H]3CC[C@@H](C2)N3C(=O)c2cn(CCN)nn2)ccc1F. The van der Waals surface area contributed by atoms with Crippen molar-refractivity contribution in [2.45, 2.75) is 57.2 Å². The zero-order valence-electron chi connectivity index (χ0n) is 14.9. The van der Waals surface area contributed by atoms with Gasteiger partial charge < -0.3 is 10.6 Å². The molecule has 0 spiro atoms. The van der Waals surface area contributed by atoms with E-state index < -0.39 is 0 Å². The number of piperidine rings is 1. The number of amides is 1. The Labute approximate surface area is 152 Å². The third-order valence-corrected chi connectivity index (χ3v) is 5.74. The average molecular weight is 357 g/mol. The molecule has 4 rings (SSSR count). The molecular formula is C19H24FN5O. The standard InChI is InChI=1S/C19H24FN5O/c1-12-8-13(2-5-17(12)20)14-9-15-3-4-16(10-14)25(15)19(26)18-11-24(7-6-21)23-22-18/h2,5,8,11,14-16H,3-4,6-7,9-10,21H2,1H3/t14?,15-,16+. The fourth-order valence-electron chi connectivity index (χ4n) is 4.47. The summed E-state index contributed by atoms with van der Waals surface area (Å²) in [4.78, 5) is 15.0. The van der Waals surface area contributed by atoms with Crippen molar-refractivity contribution < 1.29 is 9.18 Å². The van der Waals surface area contributed by atoms with E-state index in [9.17, 15) is 9.18 Å². The molecule has 2 aliphatic heterocycles. The number of aromatic nitrogens is 3. The van der Waals surface area contributed by atoms with E-state index in [2.05, 4.69) is 10.3 Å². The Morgan fingerprint density at radius 3 is 2.69 bits per heavy atom. The molecule has 0 aliphatic carbocycles. The largest absolute Gasteiger partial charge is 0.331 e. The van der Waals surface area contributed by atoms with Crippen molar-refractivity contribution >= 4 is 5.91 Å². The quantitative estimate of drug-likeness (QED) is 0.910. The normalized spacial score (nSPS) is 24.9. The molecule has 1 aromatic carbocycles. The fourth-order valence-corrected chi connectivity index (χ4v) is 4.47. The van der Waals surface area contributed by atoms with Crippen LogP contribution in [-0.4, -0.2) is 44.4 Å². The smallest absolute Gasteiger partial charge is 0.276 e. The van der Waals surface area contributed by atoms with Gasteiger partial charge in [0.1, 0.15) is 5.82 Å². The minimum Gasteiger partial charge on any atom is -0.331 e. The molecule has 3 heterocycles. The lowest BCUT2D eigenvalue weighted by Crippen LogP contribution is -2.46. The van der Waals surface area contributed by atoms with Crippen molar-refractivity contribution in [1.82, 2.24) is 19.9 Å². The van der Waals surface area contributed by atoms with Gasteiger partial charge in [0.2, 0.25) is 0 Å². The van der Waals surface area contributed by atoms with Gasteiger partial charge in [0.05, 0.1) is 12.7 Å². The van der Waals surface area contributed by atoms with Crippen LogP contribution in [0.3, 0.4) is 0 Å². The molecule has 2 saturated heterocycles. The molecule has 1 aromatic heterocycles. The first-order valence-electron chi connectivity index (χ1n) is 9.25. The van der Waals surface area contributed by atoms with Gasteiger partial charge >= 0.3 is 0 Å². The summed E-state index contributed by atoms with van der Waals surface area (Å²) in [6.45, 7) is 2.82. The molecule has 1 unspecified atom stereocenters. The van der Waals surface area contributed by atoms with E-state index in [0.717, 1.165) is 25.7 Å². The van der Waals surface area contributed by atoms with E-state index in [1.807, 2.05) is 17.0 Å². The molecule has 0 saturated carbocycles. The molecule has 6 nitrogen and oxygen atoms in total. The van der Waals surface area contributed by atoms with Crippen LogP contribution in [0.1, 0.15) is 53.2 Å². The number of hydrogen-bond acceptors (Lipinski definition) is 4. The zero-order chi connectivity index (χ0) is 18.3. The Morgan fingerprint density at radius 1 is 1.31 bits per heavy atom. The van der Waals surface area contributed by atoms with Gasteiger partial charge in [0.15, 0.2) is 5.69 Å². The topological polar surface area (TPSA) is 77.0 Å². The van der Waals surface area contributed by atoms with Gasteiger partial charge in [-0.3, -0.25) is 9.48 Å². The van der Waals surface area contributed by atoms with Crippen molar-refractivity contribution in [2.24, 2.45) is 5.73 Å². The van der Waals surface area contributed by atoms with Crippen LogP contribution in [-0.2, 0) is 6.54 Å². The number of carbonyl (C=O) groups is 1. The Kier molecular flexibility index (Phi) is 4.48. The number of hydrogen-bond donors (Lipinski definition) is 1. The van der Waals surface area contributed by atoms with E-state index >= 15 is 0 Å². The zero-order valence-corrected chi connectivity index (χ0v) is 14.9. The summed E-state index contributed by atoms with van der Waals surface area (Å²) in [7, 11) is 0. The number of rotatable bonds is 4. The Bertz CT molecular complexity index is 806. The summed E-state index contributed by atoms with van der Waals surface area (Å²) in [6, 6.07) is 5.84. The van der Waals surface area contributed by atoms with Crippen molar-refractivity contribution in [3.8, 4) is 0 Å². The van der Waals surface area contributed by atoms with E-state index in [-0.39, 0.29) is 23.8 Å². The lowest BCUT2D eigenvalue weighted by molar-refractivity contribution is 0.0565. The van der Waals surface area contributed by atoms with Crippen LogP contribution in [0.25, 0.3) is 0 Å².